The van der Waals surface area contributed by atoms with Crippen molar-refractivity contribution in [1.29, 1.82) is 0 Å². The summed E-state index contributed by atoms with van der Waals surface area (Å²) < 4.78 is 9.52. The van der Waals surface area contributed by atoms with Crippen molar-refractivity contribution in [3.63, 3.8) is 0 Å². The van der Waals surface area contributed by atoms with Crippen molar-refractivity contribution >= 4 is 87.2 Å². The zero-order valence-electron chi connectivity index (χ0n) is 57.3. The highest BCUT2D eigenvalue weighted by molar-refractivity contribution is 6.19. The summed E-state index contributed by atoms with van der Waals surface area (Å²) in [5, 5.41) is 9.71. The largest absolute Gasteiger partial charge is 0.309 e. The van der Waals surface area contributed by atoms with Crippen LogP contribution in [0.1, 0.15) is 0 Å². The van der Waals surface area contributed by atoms with Crippen LogP contribution in [0.25, 0.3) is 189 Å². The molecule has 15 aromatic carbocycles. The molecular weight excluding hydrogens is 1290 g/mol. The van der Waals surface area contributed by atoms with Crippen molar-refractivity contribution in [3.8, 4) is 102 Å². The average molecular weight is 1360 g/mol. The van der Waals surface area contributed by atoms with E-state index in [0.717, 1.165) is 78.2 Å². The number of para-hydroxylation sites is 8. The molecule has 0 aliphatic carbocycles. The molecule has 0 amide bonds. The Morgan fingerprint density at radius 2 is 0.453 bits per heavy atom. The molecule has 0 unspecified atom stereocenters. The van der Waals surface area contributed by atoms with Crippen LogP contribution in [0.3, 0.4) is 0 Å². The second-order valence-electron chi connectivity index (χ2n) is 26.5. The maximum Gasteiger partial charge on any atom is 0.166 e. The van der Waals surface area contributed by atoms with E-state index < -0.39 is 0 Å². The molecule has 0 saturated carbocycles. The van der Waals surface area contributed by atoms with Gasteiger partial charge in [-0.25, -0.2) is 29.9 Å². The first-order chi connectivity index (χ1) is 52.6. The molecule has 106 heavy (non-hydrogen) atoms. The van der Waals surface area contributed by atoms with Gasteiger partial charge < -0.3 is 18.3 Å². The van der Waals surface area contributed by atoms with Gasteiger partial charge in [-0.05, 0) is 108 Å². The van der Waals surface area contributed by atoms with E-state index in [-0.39, 0.29) is 0 Å². The van der Waals surface area contributed by atoms with E-state index in [0.29, 0.717) is 34.9 Å². The standard InChI is InChI=1S/C51H33N5.C45H29N5/c1-4-17-34(18-5-1)49-52-50(35-19-6-2-7-20-35)54-51(53-49)41-25-12-15-29-45(41)56-44-28-14-11-24-40(44)48-38(26-16-30-47(48)56)36-31-32-46-42(33-36)39-23-10-13-27-43(39)55(46)37-21-8-3-9-22-37;1-3-16-30(17-4-1)43-46-44(31-18-5-2-6-19-31)48-45(47-43)35-23-10-14-27-39(35)50-38-26-13-9-22-34(38)42-40(28-15-29-41(42)50)49-36-24-11-7-20-32(36)33-21-8-12-25-37(33)49/h1-33H;1-29H. The second-order valence-corrected chi connectivity index (χ2v) is 26.5. The zero-order valence-corrected chi connectivity index (χ0v) is 57.3. The van der Waals surface area contributed by atoms with Crippen LogP contribution in [0, 0.1) is 0 Å². The minimum Gasteiger partial charge on any atom is -0.309 e. The van der Waals surface area contributed by atoms with Crippen LogP contribution in [-0.4, -0.2) is 48.2 Å². The van der Waals surface area contributed by atoms with E-state index in [1.807, 2.05) is 121 Å². The summed E-state index contributed by atoms with van der Waals surface area (Å²) in [6, 6.07) is 132. The number of aromatic nitrogens is 10. The molecule has 0 fully saturated rings. The van der Waals surface area contributed by atoms with Crippen LogP contribution in [-0.2, 0) is 0 Å². The average Bonchev–Trinajstić information content (AvgIpc) is 1.57. The molecule has 10 nitrogen and oxygen atoms in total. The number of rotatable bonds is 11. The molecule has 0 aliphatic heterocycles. The summed E-state index contributed by atoms with van der Waals surface area (Å²) in [6.07, 6.45) is 0. The lowest BCUT2D eigenvalue weighted by atomic mass is 9.98. The van der Waals surface area contributed by atoms with Gasteiger partial charge in [0.2, 0.25) is 0 Å². The topological polar surface area (TPSA) is 97.1 Å². The fourth-order valence-corrected chi connectivity index (χ4v) is 15.7. The van der Waals surface area contributed by atoms with Crippen LogP contribution in [0.15, 0.2) is 376 Å². The molecule has 10 heteroatoms. The molecule has 0 spiro atoms. The maximum atomic E-state index is 5.14. The Morgan fingerprint density at radius 1 is 0.160 bits per heavy atom. The van der Waals surface area contributed by atoms with Crippen molar-refractivity contribution in [2.45, 2.75) is 0 Å². The lowest BCUT2D eigenvalue weighted by molar-refractivity contribution is 1.06. The molecule has 0 saturated heterocycles. The number of benzene rings is 15. The Morgan fingerprint density at radius 3 is 0.915 bits per heavy atom. The van der Waals surface area contributed by atoms with Crippen LogP contribution in [0.2, 0.25) is 0 Å². The molecular formula is C96H62N10. The summed E-state index contributed by atoms with van der Waals surface area (Å²) >= 11 is 0. The Kier molecular flexibility index (Phi) is 15.0. The minimum atomic E-state index is 0.621. The van der Waals surface area contributed by atoms with Gasteiger partial charge in [0.25, 0.3) is 0 Å². The Labute approximate surface area is 610 Å². The molecule has 496 valence electrons. The lowest BCUT2D eigenvalue weighted by Gasteiger charge is -2.15. The van der Waals surface area contributed by atoms with Gasteiger partial charge in [0, 0.05) is 82.2 Å². The summed E-state index contributed by atoms with van der Waals surface area (Å²) in [5.41, 5.74) is 21.5. The first kappa shape index (κ1) is 61.4. The van der Waals surface area contributed by atoms with Crippen molar-refractivity contribution in [1.82, 2.24) is 48.2 Å². The third kappa shape index (κ3) is 10.4. The second kappa shape index (κ2) is 25.8. The molecule has 6 aromatic heterocycles. The van der Waals surface area contributed by atoms with E-state index in [9.17, 15) is 0 Å². The maximum absolute atomic E-state index is 5.14. The van der Waals surface area contributed by atoms with Gasteiger partial charge in [0.1, 0.15) is 0 Å². The van der Waals surface area contributed by atoms with E-state index in [4.69, 9.17) is 29.9 Å². The molecule has 21 rings (SSSR count). The van der Waals surface area contributed by atoms with Crippen molar-refractivity contribution in [2.24, 2.45) is 0 Å². The van der Waals surface area contributed by atoms with Crippen molar-refractivity contribution in [3.05, 3.63) is 376 Å². The summed E-state index contributed by atoms with van der Waals surface area (Å²) in [5.74, 6) is 3.80. The lowest BCUT2D eigenvalue weighted by Crippen LogP contribution is -2.03. The fraction of sp³-hybridized carbons (Fsp3) is 0. The predicted octanol–water partition coefficient (Wildman–Crippen LogP) is 23.8. The van der Waals surface area contributed by atoms with Gasteiger partial charge in [0.05, 0.1) is 61.2 Å². The summed E-state index contributed by atoms with van der Waals surface area (Å²) in [7, 11) is 0. The van der Waals surface area contributed by atoms with Gasteiger partial charge in [0.15, 0.2) is 34.9 Å². The predicted molar refractivity (Wildman–Crippen MR) is 435 cm³/mol. The molecule has 0 N–H and O–H groups in total. The third-order valence-electron chi connectivity index (χ3n) is 20.4. The van der Waals surface area contributed by atoms with E-state index in [1.54, 1.807) is 0 Å². The van der Waals surface area contributed by atoms with E-state index in [2.05, 4.69) is 273 Å². The number of nitrogens with zero attached hydrogens (tertiary/aromatic N) is 10. The molecule has 0 atom stereocenters. The summed E-state index contributed by atoms with van der Waals surface area (Å²) in [6.45, 7) is 0. The highest BCUT2D eigenvalue weighted by Crippen LogP contribution is 2.45. The fourth-order valence-electron chi connectivity index (χ4n) is 15.7. The SMILES string of the molecule is c1ccc(-c2nc(-c3ccccc3)nc(-c3ccccc3-n3c4ccccc4c4c(-c5ccc6c(c5)c5ccccc5n6-c5ccccc5)cccc43)n2)cc1.c1ccc(-c2nc(-c3ccccc3)nc(-c3ccccc3-n3c4ccccc4c4c(-n5c6ccccc6c6ccccc65)cccc43)n2)cc1. The number of hydrogen-bond acceptors (Lipinski definition) is 6. The van der Waals surface area contributed by atoms with Crippen LogP contribution in [0.4, 0.5) is 0 Å². The molecule has 0 aliphatic rings. The van der Waals surface area contributed by atoms with E-state index in [1.165, 1.54) is 76.3 Å². The third-order valence-corrected chi connectivity index (χ3v) is 20.4. The van der Waals surface area contributed by atoms with Crippen LogP contribution >= 0.6 is 0 Å². The number of fused-ring (bicyclic) bond motifs is 12. The normalized spacial score (nSPS) is 11.6. The first-order valence-corrected chi connectivity index (χ1v) is 35.7. The summed E-state index contributed by atoms with van der Waals surface area (Å²) in [4.78, 5) is 30.4. The van der Waals surface area contributed by atoms with E-state index >= 15 is 0 Å². The van der Waals surface area contributed by atoms with Gasteiger partial charge in [-0.15, -0.1) is 0 Å². The van der Waals surface area contributed by atoms with Gasteiger partial charge in [-0.2, -0.15) is 0 Å². The zero-order chi connectivity index (χ0) is 70.0. The van der Waals surface area contributed by atoms with Gasteiger partial charge in [-0.1, -0.05) is 279 Å². The monoisotopic (exact) mass is 1350 g/mol. The highest BCUT2D eigenvalue weighted by Gasteiger charge is 2.25. The smallest absolute Gasteiger partial charge is 0.166 e. The van der Waals surface area contributed by atoms with Crippen LogP contribution < -0.4 is 0 Å². The van der Waals surface area contributed by atoms with Crippen molar-refractivity contribution in [2.75, 3.05) is 0 Å². The molecule has 0 bridgehead atoms. The minimum absolute atomic E-state index is 0.621. The Bertz CT molecular complexity index is 6770. The number of hydrogen-bond donors (Lipinski definition) is 0. The molecule has 0 radical (unpaired) electrons. The first-order valence-electron chi connectivity index (χ1n) is 35.7. The highest BCUT2D eigenvalue weighted by atomic mass is 15.1. The van der Waals surface area contributed by atoms with Crippen LogP contribution in [0.5, 0.6) is 0 Å². The molecule has 6 heterocycles. The van der Waals surface area contributed by atoms with Gasteiger partial charge in [-0.3, -0.25) is 0 Å². The Balaban J connectivity index is 0.000000141. The Hall–Kier alpha value is -14.5. The quantitative estimate of drug-likeness (QED) is 0.128. The molecule has 21 aromatic rings. The van der Waals surface area contributed by atoms with Crippen molar-refractivity contribution < 1.29 is 0 Å². The van der Waals surface area contributed by atoms with Gasteiger partial charge >= 0.3 is 0 Å².